The highest BCUT2D eigenvalue weighted by molar-refractivity contribution is 7.08. The summed E-state index contributed by atoms with van der Waals surface area (Å²) in [5.41, 5.74) is 1.16. The van der Waals surface area contributed by atoms with Gasteiger partial charge in [-0.1, -0.05) is 0 Å². The van der Waals surface area contributed by atoms with E-state index >= 15 is 0 Å². The molecule has 0 saturated carbocycles. The fourth-order valence-electron chi connectivity index (χ4n) is 2.82. The Morgan fingerprint density at radius 3 is 2.83 bits per heavy atom. The molecule has 3 atom stereocenters. The molecule has 1 aromatic heterocycles. The van der Waals surface area contributed by atoms with Crippen molar-refractivity contribution in [2.75, 3.05) is 27.3 Å². The van der Waals surface area contributed by atoms with E-state index in [2.05, 4.69) is 11.4 Å². The van der Waals surface area contributed by atoms with Gasteiger partial charge in [-0.25, -0.2) is 0 Å². The minimum Gasteiger partial charge on any atom is -0.459 e. The molecule has 1 aliphatic rings. The maximum Gasteiger partial charge on any atom is 0.288 e. The summed E-state index contributed by atoms with van der Waals surface area (Å²) in [7, 11) is 3.42. The number of allylic oxidation sites excluding steroid dienone is 1. The van der Waals surface area contributed by atoms with Crippen LogP contribution in [0, 0.1) is 5.92 Å². The van der Waals surface area contributed by atoms with Crippen LogP contribution in [0.4, 0.5) is 0 Å². The van der Waals surface area contributed by atoms with Crippen molar-refractivity contribution >= 4 is 17.2 Å². The van der Waals surface area contributed by atoms with Gasteiger partial charge in [-0.05, 0) is 48.2 Å². The van der Waals surface area contributed by atoms with E-state index in [1.54, 1.807) is 25.4 Å². The summed E-state index contributed by atoms with van der Waals surface area (Å²) < 4.78 is 11.6. The molecule has 6 heteroatoms. The number of amides is 1. The monoisotopic (exact) mass is 339 g/mol. The maximum atomic E-state index is 12.3. The predicted molar refractivity (Wildman–Crippen MR) is 90.1 cm³/mol. The third kappa shape index (κ3) is 4.34. The molecule has 0 bridgehead atoms. The van der Waals surface area contributed by atoms with Crippen molar-refractivity contribution in [1.29, 1.82) is 0 Å². The summed E-state index contributed by atoms with van der Waals surface area (Å²) in [5.74, 6) is 0.313. The van der Waals surface area contributed by atoms with Crippen LogP contribution in [0.5, 0.6) is 0 Å². The lowest BCUT2D eigenvalue weighted by molar-refractivity contribution is -0.169. The van der Waals surface area contributed by atoms with E-state index in [9.17, 15) is 9.90 Å². The largest absolute Gasteiger partial charge is 0.459 e. The molecular weight excluding hydrogens is 314 g/mol. The Morgan fingerprint density at radius 2 is 2.26 bits per heavy atom. The van der Waals surface area contributed by atoms with Gasteiger partial charge < -0.3 is 19.5 Å². The molecular formula is C17H25NO4S. The summed E-state index contributed by atoms with van der Waals surface area (Å²) >= 11 is 1.63. The van der Waals surface area contributed by atoms with Gasteiger partial charge >= 0.3 is 0 Å². The normalized spacial score (nSPS) is 24.0. The molecule has 0 radical (unpaired) electrons. The van der Waals surface area contributed by atoms with Gasteiger partial charge in [-0.3, -0.25) is 4.79 Å². The van der Waals surface area contributed by atoms with Gasteiger partial charge in [0.1, 0.15) is 0 Å². The van der Waals surface area contributed by atoms with E-state index in [0.29, 0.717) is 18.8 Å². The number of carbonyl (C=O) groups is 1. The van der Waals surface area contributed by atoms with Crippen LogP contribution in [0.25, 0.3) is 0 Å². The van der Waals surface area contributed by atoms with Crippen LogP contribution in [-0.4, -0.2) is 49.5 Å². The maximum absolute atomic E-state index is 12.3. The summed E-state index contributed by atoms with van der Waals surface area (Å²) in [4.78, 5) is 13.8. The van der Waals surface area contributed by atoms with Crippen molar-refractivity contribution in [2.24, 2.45) is 5.92 Å². The molecule has 5 nitrogen and oxygen atoms in total. The van der Waals surface area contributed by atoms with Gasteiger partial charge in [-0.2, -0.15) is 11.3 Å². The summed E-state index contributed by atoms with van der Waals surface area (Å²) in [6, 6.07) is 2.07. The Labute approximate surface area is 141 Å². The first-order valence-corrected chi connectivity index (χ1v) is 8.87. The predicted octanol–water partition coefficient (Wildman–Crippen LogP) is 2.59. The minimum absolute atomic E-state index is 0.0528. The van der Waals surface area contributed by atoms with Gasteiger partial charge in [-0.15, -0.1) is 0 Å². The molecule has 1 aromatic rings. The lowest BCUT2D eigenvalue weighted by Crippen LogP contribution is -2.38. The van der Waals surface area contributed by atoms with Gasteiger partial charge in [0.05, 0.1) is 0 Å². The van der Waals surface area contributed by atoms with Crippen molar-refractivity contribution in [1.82, 2.24) is 4.90 Å². The summed E-state index contributed by atoms with van der Waals surface area (Å²) in [6.07, 6.45) is 2.90. The second kappa shape index (κ2) is 8.47. The number of aliphatic hydroxyl groups excluding tert-OH is 1. The SMILES string of the molecule is CCO[C@@H]1OC(C(=O)N(C)C)=C[C@H](c2ccsc2)[C@@H]1CCCO. The number of rotatable bonds is 7. The Balaban J connectivity index is 2.35. The molecule has 0 aromatic carbocycles. The van der Waals surface area contributed by atoms with Gasteiger partial charge in [0.25, 0.3) is 5.91 Å². The number of carbonyl (C=O) groups excluding carboxylic acids is 1. The molecule has 0 aliphatic carbocycles. The highest BCUT2D eigenvalue weighted by Crippen LogP contribution is 2.40. The van der Waals surface area contributed by atoms with Crippen LogP contribution < -0.4 is 0 Å². The van der Waals surface area contributed by atoms with Crippen LogP contribution in [0.1, 0.15) is 31.2 Å². The first kappa shape index (κ1) is 18.0. The number of ether oxygens (including phenoxy) is 2. The van der Waals surface area contributed by atoms with Crippen LogP contribution >= 0.6 is 11.3 Å². The van der Waals surface area contributed by atoms with Crippen molar-refractivity contribution in [3.63, 3.8) is 0 Å². The molecule has 0 unspecified atom stereocenters. The molecule has 0 saturated heterocycles. The number of aliphatic hydroxyl groups is 1. The first-order chi connectivity index (χ1) is 11.1. The first-order valence-electron chi connectivity index (χ1n) is 7.93. The lowest BCUT2D eigenvalue weighted by atomic mass is 9.81. The van der Waals surface area contributed by atoms with Crippen LogP contribution in [-0.2, 0) is 14.3 Å². The third-order valence-electron chi connectivity index (χ3n) is 3.96. The van der Waals surface area contributed by atoms with Crippen molar-refractivity contribution < 1.29 is 19.4 Å². The van der Waals surface area contributed by atoms with Gasteiger partial charge in [0, 0.05) is 39.1 Å². The number of thiophene rings is 1. The smallest absolute Gasteiger partial charge is 0.288 e. The number of hydrogen-bond donors (Lipinski definition) is 1. The Kier molecular flexibility index (Phi) is 6.62. The van der Waals surface area contributed by atoms with Crippen molar-refractivity contribution in [3.05, 3.63) is 34.2 Å². The van der Waals surface area contributed by atoms with Gasteiger partial charge in [0.2, 0.25) is 6.29 Å². The molecule has 1 aliphatic heterocycles. The quantitative estimate of drug-likeness (QED) is 0.829. The van der Waals surface area contributed by atoms with Crippen molar-refractivity contribution in [2.45, 2.75) is 32.0 Å². The minimum atomic E-state index is -0.472. The molecule has 2 heterocycles. The van der Waals surface area contributed by atoms with E-state index in [0.717, 1.165) is 12.0 Å². The topological polar surface area (TPSA) is 59.0 Å². The summed E-state index contributed by atoms with van der Waals surface area (Å²) in [6.45, 7) is 2.57. The van der Waals surface area contributed by atoms with Gasteiger partial charge in [0.15, 0.2) is 5.76 Å². The fourth-order valence-corrected chi connectivity index (χ4v) is 3.53. The Morgan fingerprint density at radius 1 is 1.48 bits per heavy atom. The van der Waals surface area contributed by atoms with E-state index in [1.807, 2.05) is 18.4 Å². The molecule has 0 spiro atoms. The molecule has 23 heavy (non-hydrogen) atoms. The average Bonchev–Trinajstić information content (AvgIpc) is 3.06. The highest BCUT2D eigenvalue weighted by atomic mass is 32.1. The fraction of sp³-hybridized carbons (Fsp3) is 0.588. The average molecular weight is 339 g/mol. The van der Waals surface area contributed by atoms with E-state index in [4.69, 9.17) is 9.47 Å². The zero-order valence-electron chi connectivity index (χ0n) is 13.9. The van der Waals surface area contributed by atoms with E-state index < -0.39 is 6.29 Å². The molecule has 0 fully saturated rings. The molecule has 1 amide bonds. The number of hydrogen-bond acceptors (Lipinski definition) is 5. The third-order valence-corrected chi connectivity index (χ3v) is 4.66. The zero-order chi connectivity index (χ0) is 16.8. The van der Waals surface area contributed by atoms with Crippen LogP contribution in [0.3, 0.4) is 0 Å². The van der Waals surface area contributed by atoms with Crippen LogP contribution in [0.15, 0.2) is 28.7 Å². The second-order valence-corrected chi connectivity index (χ2v) is 6.56. The van der Waals surface area contributed by atoms with E-state index in [1.165, 1.54) is 4.90 Å². The highest BCUT2D eigenvalue weighted by Gasteiger charge is 2.38. The molecule has 1 N–H and O–H groups in total. The van der Waals surface area contributed by atoms with Crippen LogP contribution in [0.2, 0.25) is 0 Å². The zero-order valence-corrected chi connectivity index (χ0v) is 14.7. The number of nitrogens with zero attached hydrogens (tertiary/aromatic N) is 1. The lowest BCUT2D eigenvalue weighted by Gasteiger charge is -2.37. The van der Waals surface area contributed by atoms with E-state index in [-0.39, 0.29) is 24.3 Å². The standard InChI is InChI=1S/C17H25NO4S/c1-4-21-17-13(6-5-8-19)14(12-7-9-23-11-12)10-15(22-17)16(20)18(2)3/h7,9-11,13-14,17,19H,4-6,8H2,1-3H3/t13-,14+,17+/m0/s1. The summed E-state index contributed by atoms with van der Waals surface area (Å²) in [5, 5.41) is 13.3. The number of likely N-dealkylation sites (N-methyl/N-ethyl adjacent to an activating group) is 1. The Hall–Kier alpha value is -1.37. The Bertz CT molecular complexity index is 527. The van der Waals surface area contributed by atoms with Crippen molar-refractivity contribution in [3.8, 4) is 0 Å². The second-order valence-electron chi connectivity index (χ2n) is 5.78. The molecule has 2 rings (SSSR count). The molecule has 128 valence electrons.